The van der Waals surface area contributed by atoms with E-state index in [9.17, 15) is 24.3 Å². The van der Waals surface area contributed by atoms with Crippen molar-refractivity contribution in [1.82, 2.24) is 15.1 Å². The number of nitrogens with zero attached hydrogens (tertiary/aromatic N) is 2. The molecular formula is C47H75N3O6. The van der Waals surface area contributed by atoms with Crippen LogP contribution in [0.4, 0.5) is 0 Å². The predicted octanol–water partition coefficient (Wildman–Crippen LogP) is 7.77. The molecule has 0 aromatic heterocycles. The number of ether oxygens (including phenoxy) is 1. The summed E-state index contributed by atoms with van der Waals surface area (Å²) in [5, 5.41) is 13.0. The van der Waals surface area contributed by atoms with Crippen LogP contribution in [-0.4, -0.2) is 90.5 Å². The lowest BCUT2D eigenvalue weighted by Crippen LogP contribution is -2.66. The van der Waals surface area contributed by atoms with Crippen molar-refractivity contribution in [3.63, 3.8) is 0 Å². The summed E-state index contributed by atoms with van der Waals surface area (Å²) in [6, 6.07) is 0. The van der Waals surface area contributed by atoms with Gasteiger partial charge in [0.15, 0.2) is 5.78 Å². The lowest BCUT2D eigenvalue weighted by atomic mass is 9.33. The van der Waals surface area contributed by atoms with Crippen molar-refractivity contribution >= 4 is 23.6 Å². The summed E-state index contributed by atoms with van der Waals surface area (Å²) in [7, 11) is 0. The Labute approximate surface area is 337 Å². The van der Waals surface area contributed by atoms with Crippen LogP contribution in [0.25, 0.3) is 0 Å². The van der Waals surface area contributed by atoms with E-state index >= 15 is 0 Å². The van der Waals surface area contributed by atoms with Gasteiger partial charge < -0.3 is 20.1 Å². The van der Waals surface area contributed by atoms with E-state index in [1.807, 2.05) is 13.8 Å². The van der Waals surface area contributed by atoms with E-state index in [-0.39, 0.29) is 56.9 Å². The van der Waals surface area contributed by atoms with E-state index in [2.05, 4.69) is 70.5 Å². The van der Waals surface area contributed by atoms with Gasteiger partial charge in [0.25, 0.3) is 0 Å². The molecule has 2 N–H and O–H groups in total. The van der Waals surface area contributed by atoms with Crippen molar-refractivity contribution in [1.29, 1.82) is 0 Å². The summed E-state index contributed by atoms with van der Waals surface area (Å²) >= 11 is 0. The number of piperazine rings is 1. The molecule has 1 heterocycles. The summed E-state index contributed by atoms with van der Waals surface area (Å²) < 4.78 is 6.43. The van der Waals surface area contributed by atoms with Gasteiger partial charge >= 0.3 is 11.9 Å². The first-order chi connectivity index (χ1) is 26.2. The number of ketones is 1. The number of carbonyl (C=O) groups excluding carboxylic acids is 3. The number of allylic oxidation sites excluding steroid dienone is 2. The molecule has 1 saturated heterocycles. The third kappa shape index (κ3) is 6.36. The lowest BCUT2D eigenvalue weighted by molar-refractivity contribution is -0.236. The van der Waals surface area contributed by atoms with Crippen LogP contribution in [0, 0.1) is 68.0 Å². The molecule has 314 valence electrons. The fourth-order valence-corrected chi connectivity index (χ4v) is 15.2. The molecule has 7 rings (SSSR count). The Kier molecular flexibility index (Phi) is 10.8. The summed E-state index contributed by atoms with van der Waals surface area (Å²) in [6.07, 6.45) is 10.1. The van der Waals surface area contributed by atoms with Crippen LogP contribution in [0.1, 0.15) is 140 Å². The van der Waals surface area contributed by atoms with Crippen LogP contribution in [0.15, 0.2) is 11.1 Å². The Morgan fingerprint density at radius 2 is 1.50 bits per heavy atom. The Balaban J connectivity index is 1.07. The molecule has 6 aliphatic carbocycles. The van der Waals surface area contributed by atoms with Gasteiger partial charge in [-0.3, -0.25) is 24.1 Å². The highest BCUT2D eigenvalue weighted by molar-refractivity contribution is 6.00. The summed E-state index contributed by atoms with van der Waals surface area (Å²) in [5.74, 6) is 0.0748. The smallest absolute Gasteiger partial charge is 0.309 e. The van der Waals surface area contributed by atoms with E-state index in [0.29, 0.717) is 49.5 Å². The molecule has 0 spiro atoms. The number of aliphatic carboxylic acids is 1. The quantitative estimate of drug-likeness (QED) is 0.216. The Morgan fingerprint density at radius 3 is 2.12 bits per heavy atom. The normalized spacial score (nSPS) is 41.9. The first-order valence-corrected chi connectivity index (χ1v) is 22.6. The molecule has 1 amide bonds. The van der Waals surface area contributed by atoms with Crippen molar-refractivity contribution in [2.75, 3.05) is 45.8 Å². The van der Waals surface area contributed by atoms with Crippen LogP contribution in [0.5, 0.6) is 0 Å². The number of carboxylic acids is 1. The van der Waals surface area contributed by atoms with Crippen molar-refractivity contribution in [3.8, 4) is 0 Å². The number of rotatable bonds is 10. The Hall–Kier alpha value is -2.26. The van der Waals surface area contributed by atoms with Gasteiger partial charge in [0.2, 0.25) is 5.91 Å². The number of Topliss-reactive ketones (excluding diaryl/α,β-unsaturated/α-hetero) is 1. The molecule has 0 bridgehead atoms. The minimum atomic E-state index is -0.822. The maximum absolute atomic E-state index is 14.1. The van der Waals surface area contributed by atoms with Gasteiger partial charge in [-0.1, -0.05) is 74.8 Å². The number of hydrogen-bond donors (Lipinski definition) is 2. The van der Waals surface area contributed by atoms with E-state index in [4.69, 9.17) is 4.74 Å². The number of esters is 1. The highest BCUT2D eigenvalue weighted by Gasteiger charge is 2.70. The number of nitrogens with one attached hydrogen (secondary N) is 1. The zero-order chi connectivity index (χ0) is 40.8. The van der Waals surface area contributed by atoms with Crippen molar-refractivity contribution in [2.45, 2.75) is 146 Å². The SMILES string of the molecule is CCN1CCN(CC(=O)NCC[C@@]23CC[C@]4(C)[C@H](CC[C@@H]5[C@@]6(C)CC[C@H](OC(=O)[C@H]7C[C@@H](C(=O)O)C7(C)C)C(C)(C)[C@@H]6CC[C@]54C)C2=C(C(C)C)C(=O)C3)CC1. The number of amides is 1. The van der Waals surface area contributed by atoms with Gasteiger partial charge in [-0.15, -0.1) is 0 Å². The maximum atomic E-state index is 14.1. The first kappa shape index (κ1) is 41.9. The number of fused-ring (bicyclic) bond motifs is 7. The van der Waals surface area contributed by atoms with Gasteiger partial charge in [-0.2, -0.15) is 0 Å². The molecule has 5 saturated carbocycles. The minimum absolute atomic E-state index is 0.0708. The Bertz CT molecular complexity index is 1630. The summed E-state index contributed by atoms with van der Waals surface area (Å²) in [6.45, 7) is 28.9. The van der Waals surface area contributed by atoms with Crippen LogP contribution in [0.2, 0.25) is 0 Å². The van der Waals surface area contributed by atoms with Crippen LogP contribution in [0.3, 0.4) is 0 Å². The summed E-state index contributed by atoms with van der Waals surface area (Å²) in [4.78, 5) is 57.4. The molecule has 0 unspecified atom stereocenters. The van der Waals surface area contributed by atoms with E-state index < -0.39 is 17.3 Å². The van der Waals surface area contributed by atoms with E-state index in [1.54, 1.807) is 0 Å². The largest absolute Gasteiger partial charge is 0.481 e. The average molecular weight is 778 g/mol. The van der Waals surface area contributed by atoms with Crippen LogP contribution < -0.4 is 5.32 Å². The van der Waals surface area contributed by atoms with Gasteiger partial charge in [0.05, 0.1) is 18.4 Å². The molecule has 0 aromatic carbocycles. The van der Waals surface area contributed by atoms with Gasteiger partial charge in [-0.25, -0.2) is 0 Å². The molecule has 0 radical (unpaired) electrons. The van der Waals surface area contributed by atoms with Gasteiger partial charge in [-0.05, 0) is 122 Å². The van der Waals surface area contributed by atoms with Crippen LogP contribution >= 0.6 is 0 Å². The first-order valence-electron chi connectivity index (χ1n) is 22.6. The van der Waals surface area contributed by atoms with Crippen LogP contribution in [-0.2, 0) is 23.9 Å². The van der Waals surface area contributed by atoms with Crippen molar-refractivity contribution < 1.29 is 29.0 Å². The molecule has 56 heavy (non-hydrogen) atoms. The van der Waals surface area contributed by atoms with Crippen molar-refractivity contribution in [3.05, 3.63) is 11.1 Å². The molecule has 9 heteroatoms. The second-order valence-corrected chi connectivity index (χ2v) is 22.1. The molecule has 1 aliphatic heterocycles. The van der Waals surface area contributed by atoms with Gasteiger partial charge in [0, 0.05) is 50.0 Å². The second kappa shape index (κ2) is 14.5. The maximum Gasteiger partial charge on any atom is 0.309 e. The third-order valence-electron chi connectivity index (χ3n) is 18.8. The molecular weight excluding hydrogens is 703 g/mol. The lowest BCUT2D eigenvalue weighted by Gasteiger charge is -2.72. The van der Waals surface area contributed by atoms with Crippen molar-refractivity contribution in [2.24, 2.45) is 68.0 Å². The number of hydrogen-bond acceptors (Lipinski definition) is 7. The fraction of sp³-hybridized carbons (Fsp3) is 0.872. The van der Waals surface area contributed by atoms with E-state index in [1.165, 1.54) is 5.57 Å². The molecule has 7 aliphatic rings. The van der Waals surface area contributed by atoms with E-state index in [0.717, 1.165) is 96.1 Å². The number of carboxylic acid groups (broad SMARTS) is 1. The number of likely N-dealkylation sites (N-methyl/N-ethyl adjacent to an activating group) is 1. The highest BCUT2D eigenvalue weighted by atomic mass is 16.5. The topological polar surface area (TPSA) is 116 Å². The third-order valence-corrected chi connectivity index (χ3v) is 18.8. The molecule has 6 fully saturated rings. The highest BCUT2D eigenvalue weighted by Crippen LogP contribution is 2.77. The average Bonchev–Trinajstić information content (AvgIpc) is 3.41. The van der Waals surface area contributed by atoms with Gasteiger partial charge in [0.1, 0.15) is 6.10 Å². The fourth-order valence-electron chi connectivity index (χ4n) is 15.2. The minimum Gasteiger partial charge on any atom is -0.481 e. The standard InChI is InChI=1S/C47H75N3O6/c1-11-49-22-24-50(25-23-49)28-37(52)48-21-20-47-19-18-45(9)30(39(47)38(29(2)3)33(51)27-47)12-13-35-44(8)16-15-36(43(6,7)34(44)14-17-46(35,45)10)56-41(55)32-26-31(40(53)54)42(32,4)5/h29-32,34-36H,11-28H2,1-10H3,(H,48,52)(H,53,54)/t30-,31+,32-,34+,35-,36+,44+,45-,46-,47-/m1/s1. The Morgan fingerprint density at radius 1 is 0.821 bits per heavy atom. The zero-order valence-electron chi connectivity index (χ0n) is 36.7. The summed E-state index contributed by atoms with van der Waals surface area (Å²) in [5.41, 5.74) is 1.94. The number of carbonyl (C=O) groups is 4. The zero-order valence-corrected chi connectivity index (χ0v) is 36.7. The molecule has 0 aromatic rings. The monoisotopic (exact) mass is 778 g/mol. The molecule has 9 nitrogen and oxygen atoms in total. The predicted molar refractivity (Wildman–Crippen MR) is 219 cm³/mol. The second-order valence-electron chi connectivity index (χ2n) is 22.1. The molecule has 10 atom stereocenters.